The zero-order chi connectivity index (χ0) is 11.2. The fourth-order valence-corrected chi connectivity index (χ4v) is 3.16. The van der Waals surface area contributed by atoms with Crippen LogP contribution in [0.1, 0.15) is 38.1 Å². The summed E-state index contributed by atoms with van der Waals surface area (Å²) < 4.78 is 5.81. The largest absolute Gasteiger partial charge is 0.375 e. The average Bonchev–Trinajstić information content (AvgIpc) is 2.65. The summed E-state index contributed by atoms with van der Waals surface area (Å²) in [6, 6.07) is 0. The van der Waals surface area contributed by atoms with Crippen molar-refractivity contribution in [1.82, 2.24) is 15.3 Å². The molecule has 0 amide bonds. The molecule has 3 heterocycles. The summed E-state index contributed by atoms with van der Waals surface area (Å²) in [6.07, 6.45) is 4.90. The van der Waals surface area contributed by atoms with Crippen LogP contribution in [0.15, 0.2) is 6.33 Å². The highest BCUT2D eigenvalue weighted by Crippen LogP contribution is 2.41. The van der Waals surface area contributed by atoms with Crippen LogP contribution >= 0.6 is 0 Å². The minimum Gasteiger partial charge on any atom is -0.375 e. The lowest BCUT2D eigenvalue weighted by atomic mass is 9.76. The summed E-state index contributed by atoms with van der Waals surface area (Å²) in [4.78, 5) is 7.79. The fraction of sp³-hybridized carbons (Fsp3) is 0.750. The van der Waals surface area contributed by atoms with E-state index in [-0.39, 0.29) is 11.1 Å². The molecule has 1 aromatic heterocycles. The smallest absolute Gasteiger partial charge is 0.0926 e. The van der Waals surface area contributed by atoms with Crippen LogP contribution in [0.25, 0.3) is 0 Å². The Hall–Kier alpha value is -0.870. The molecule has 4 heteroatoms. The van der Waals surface area contributed by atoms with E-state index in [0.29, 0.717) is 0 Å². The maximum Gasteiger partial charge on any atom is 0.0926 e. The number of ether oxygens (including phenoxy) is 1. The summed E-state index contributed by atoms with van der Waals surface area (Å²) in [6.45, 7) is 6.17. The van der Waals surface area contributed by atoms with Gasteiger partial charge in [-0.15, -0.1) is 0 Å². The number of H-pyrrole nitrogens is 1. The number of hydrogen-bond donors (Lipinski definition) is 2. The van der Waals surface area contributed by atoms with Crippen LogP contribution in [-0.4, -0.2) is 28.7 Å². The third-order valence-electron chi connectivity index (χ3n) is 3.76. The molecule has 0 aromatic carbocycles. The normalized spacial score (nSPS) is 32.6. The third-order valence-corrected chi connectivity index (χ3v) is 3.76. The van der Waals surface area contributed by atoms with E-state index in [2.05, 4.69) is 29.1 Å². The van der Waals surface area contributed by atoms with Gasteiger partial charge in [-0.3, -0.25) is 0 Å². The maximum absolute atomic E-state index is 5.81. The van der Waals surface area contributed by atoms with Gasteiger partial charge in [0.25, 0.3) is 0 Å². The molecule has 3 rings (SSSR count). The number of imidazole rings is 1. The second-order valence-electron chi connectivity index (χ2n) is 5.52. The number of aromatic nitrogens is 2. The van der Waals surface area contributed by atoms with Crippen molar-refractivity contribution < 1.29 is 4.74 Å². The zero-order valence-corrected chi connectivity index (χ0v) is 9.97. The second-order valence-corrected chi connectivity index (χ2v) is 5.52. The van der Waals surface area contributed by atoms with Gasteiger partial charge in [-0.2, -0.15) is 0 Å². The molecule has 2 aliphatic rings. The van der Waals surface area contributed by atoms with Gasteiger partial charge < -0.3 is 15.0 Å². The van der Waals surface area contributed by atoms with Crippen LogP contribution < -0.4 is 5.32 Å². The number of fused-ring (bicyclic) bond motifs is 2. The van der Waals surface area contributed by atoms with Gasteiger partial charge in [-0.25, -0.2) is 4.98 Å². The lowest BCUT2D eigenvalue weighted by Gasteiger charge is -2.46. The third kappa shape index (κ3) is 1.48. The Labute approximate surface area is 95.8 Å². The summed E-state index contributed by atoms with van der Waals surface area (Å²) in [5.74, 6) is 0. The molecule has 4 nitrogen and oxygen atoms in total. The van der Waals surface area contributed by atoms with Crippen LogP contribution in [0.3, 0.4) is 0 Å². The summed E-state index contributed by atoms with van der Waals surface area (Å²) in [7, 11) is 0. The van der Waals surface area contributed by atoms with E-state index >= 15 is 0 Å². The van der Waals surface area contributed by atoms with Gasteiger partial charge in [-0.05, 0) is 26.7 Å². The maximum atomic E-state index is 5.81. The fourth-order valence-electron chi connectivity index (χ4n) is 3.16. The van der Waals surface area contributed by atoms with E-state index in [1.54, 1.807) is 0 Å². The Balaban J connectivity index is 2.00. The van der Waals surface area contributed by atoms with Crippen LogP contribution in [0.4, 0.5) is 0 Å². The molecule has 0 aliphatic carbocycles. The van der Waals surface area contributed by atoms with Crippen molar-refractivity contribution in [3.8, 4) is 0 Å². The number of aromatic amines is 1. The first-order valence-electron chi connectivity index (χ1n) is 6.03. The molecule has 1 spiro atoms. The van der Waals surface area contributed by atoms with Gasteiger partial charge in [0.1, 0.15) is 0 Å². The van der Waals surface area contributed by atoms with Gasteiger partial charge >= 0.3 is 0 Å². The highest BCUT2D eigenvalue weighted by Gasteiger charge is 2.45. The molecule has 1 unspecified atom stereocenters. The molecule has 88 valence electrons. The van der Waals surface area contributed by atoms with Crippen molar-refractivity contribution in [2.75, 3.05) is 13.2 Å². The Morgan fingerprint density at radius 1 is 1.44 bits per heavy atom. The van der Waals surface area contributed by atoms with Gasteiger partial charge in [0.05, 0.1) is 23.2 Å². The van der Waals surface area contributed by atoms with E-state index in [1.807, 2.05) is 6.33 Å². The Bertz CT molecular complexity index is 399. The van der Waals surface area contributed by atoms with Crippen molar-refractivity contribution >= 4 is 0 Å². The first-order valence-corrected chi connectivity index (χ1v) is 6.03. The number of nitrogens with zero attached hydrogens (tertiary/aromatic N) is 1. The van der Waals surface area contributed by atoms with Crippen LogP contribution in [0.2, 0.25) is 0 Å². The molecule has 1 saturated heterocycles. The standard InChI is InChI=1S/C12H19N3O/c1-11(2)7-12(4-6-16-11)10-9(3-5-15-12)13-8-14-10/h8,15H,3-7H2,1-2H3,(H,13,14). The first-order chi connectivity index (χ1) is 7.61. The summed E-state index contributed by atoms with van der Waals surface area (Å²) >= 11 is 0. The number of rotatable bonds is 0. The van der Waals surface area contributed by atoms with Crippen molar-refractivity contribution in [3.63, 3.8) is 0 Å². The van der Waals surface area contributed by atoms with Crippen LogP contribution in [-0.2, 0) is 16.7 Å². The van der Waals surface area contributed by atoms with E-state index < -0.39 is 0 Å². The monoisotopic (exact) mass is 221 g/mol. The van der Waals surface area contributed by atoms with E-state index in [9.17, 15) is 0 Å². The summed E-state index contributed by atoms with van der Waals surface area (Å²) in [5.41, 5.74) is 2.50. The van der Waals surface area contributed by atoms with Crippen molar-refractivity contribution in [3.05, 3.63) is 17.7 Å². The highest BCUT2D eigenvalue weighted by molar-refractivity contribution is 5.26. The minimum absolute atomic E-state index is 0.0370. The molecule has 16 heavy (non-hydrogen) atoms. The van der Waals surface area contributed by atoms with Gasteiger partial charge in [0.15, 0.2) is 0 Å². The predicted molar refractivity (Wildman–Crippen MR) is 61.2 cm³/mol. The van der Waals surface area contributed by atoms with Crippen LogP contribution in [0.5, 0.6) is 0 Å². The number of hydrogen-bond acceptors (Lipinski definition) is 3. The molecule has 1 fully saturated rings. The van der Waals surface area contributed by atoms with E-state index in [4.69, 9.17) is 4.74 Å². The van der Waals surface area contributed by atoms with Crippen molar-refractivity contribution in [2.45, 2.75) is 44.2 Å². The molecule has 2 N–H and O–H groups in total. The molecular formula is C12H19N3O. The Morgan fingerprint density at radius 3 is 3.12 bits per heavy atom. The van der Waals surface area contributed by atoms with Crippen molar-refractivity contribution in [1.29, 1.82) is 0 Å². The first kappa shape index (κ1) is 10.3. The molecule has 1 atom stereocenters. The predicted octanol–water partition coefficient (Wildman–Crippen LogP) is 1.34. The van der Waals surface area contributed by atoms with Crippen LogP contribution in [0, 0.1) is 0 Å². The number of nitrogens with one attached hydrogen (secondary N) is 2. The lowest BCUT2D eigenvalue weighted by molar-refractivity contribution is -0.0919. The highest BCUT2D eigenvalue weighted by atomic mass is 16.5. The average molecular weight is 221 g/mol. The minimum atomic E-state index is -0.0567. The molecular weight excluding hydrogens is 202 g/mol. The molecule has 0 saturated carbocycles. The van der Waals surface area contributed by atoms with Gasteiger partial charge in [-0.1, -0.05) is 0 Å². The topological polar surface area (TPSA) is 49.9 Å². The SMILES string of the molecule is CC1(C)CC2(CCO1)NCCc1[nH]cnc12. The lowest BCUT2D eigenvalue weighted by Crippen LogP contribution is -2.55. The summed E-state index contributed by atoms with van der Waals surface area (Å²) in [5, 5.41) is 3.67. The van der Waals surface area contributed by atoms with E-state index in [1.165, 1.54) is 11.4 Å². The second kappa shape index (κ2) is 3.31. The van der Waals surface area contributed by atoms with Gasteiger partial charge in [0, 0.05) is 25.3 Å². The molecule has 2 aliphatic heterocycles. The Kier molecular flexibility index (Phi) is 2.13. The molecule has 0 bridgehead atoms. The Morgan fingerprint density at radius 2 is 2.31 bits per heavy atom. The zero-order valence-electron chi connectivity index (χ0n) is 9.97. The molecule has 1 aromatic rings. The van der Waals surface area contributed by atoms with Crippen molar-refractivity contribution in [2.24, 2.45) is 0 Å². The molecule has 0 radical (unpaired) electrons. The van der Waals surface area contributed by atoms with Gasteiger partial charge in [0.2, 0.25) is 0 Å². The van der Waals surface area contributed by atoms with E-state index in [0.717, 1.165) is 32.4 Å². The quantitative estimate of drug-likeness (QED) is 0.695.